The summed E-state index contributed by atoms with van der Waals surface area (Å²) in [6, 6.07) is 14.4. The summed E-state index contributed by atoms with van der Waals surface area (Å²) in [5.74, 6) is -0.947. The molecule has 0 bridgehead atoms. The Balaban J connectivity index is 1.68. The highest BCUT2D eigenvalue weighted by Gasteiger charge is 2.19. The molecule has 0 atom stereocenters. The van der Waals surface area contributed by atoms with Crippen molar-refractivity contribution >= 4 is 34.7 Å². The van der Waals surface area contributed by atoms with E-state index in [0.717, 1.165) is 12.0 Å². The fourth-order valence-electron chi connectivity index (χ4n) is 3.53. The predicted octanol–water partition coefficient (Wildman–Crippen LogP) is 4.93. The van der Waals surface area contributed by atoms with Crippen molar-refractivity contribution in [3.63, 3.8) is 0 Å². The van der Waals surface area contributed by atoms with Gasteiger partial charge in [-0.25, -0.2) is 4.79 Å². The molecule has 0 amide bonds. The summed E-state index contributed by atoms with van der Waals surface area (Å²) in [5.41, 5.74) is 7.11. The Morgan fingerprint density at radius 1 is 1.12 bits per heavy atom. The van der Waals surface area contributed by atoms with Crippen LogP contribution in [-0.2, 0) is 13.5 Å². The maximum atomic E-state index is 10.9. The summed E-state index contributed by atoms with van der Waals surface area (Å²) < 4.78 is 1.64. The molecule has 0 aliphatic rings. The number of unbranched alkanes of at least 4 members (excludes halogenated alkanes) is 2. The Labute approximate surface area is 204 Å². The number of hydrazone groups is 1. The number of hydrogen-bond donors (Lipinski definition) is 4. The van der Waals surface area contributed by atoms with Crippen molar-refractivity contribution in [2.24, 2.45) is 12.1 Å². The minimum atomic E-state index is -0.995. The van der Waals surface area contributed by atoms with Gasteiger partial charge >= 0.3 is 5.97 Å². The molecule has 0 unspecified atom stereocenters. The van der Waals surface area contributed by atoms with Crippen molar-refractivity contribution in [1.82, 2.24) is 15.2 Å². The Hall–Kier alpha value is -3.72. The van der Waals surface area contributed by atoms with Gasteiger partial charge in [0, 0.05) is 18.3 Å². The van der Waals surface area contributed by atoms with Crippen LogP contribution in [0.4, 0.5) is 5.69 Å². The lowest BCUT2D eigenvalue weighted by Gasteiger charge is -2.08. The Kier molecular flexibility index (Phi) is 8.37. The highest BCUT2D eigenvalue weighted by molar-refractivity contribution is 7.80. The predicted molar refractivity (Wildman–Crippen MR) is 139 cm³/mol. The van der Waals surface area contributed by atoms with Gasteiger partial charge in [0.1, 0.15) is 5.69 Å². The quantitative estimate of drug-likeness (QED) is 0.149. The molecule has 0 radical (unpaired) electrons. The first-order valence-electron chi connectivity index (χ1n) is 11.1. The number of nitrogens with one attached hydrogen (secondary N) is 2. The number of carboxylic acid groups (broad SMARTS) is 1. The van der Waals surface area contributed by atoms with Gasteiger partial charge in [0.2, 0.25) is 0 Å². The van der Waals surface area contributed by atoms with E-state index in [1.165, 1.54) is 37.0 Å². The van der Waals surface area contributed by atoms with Crippen LogP contribution < -0.4 is 10.7 Å². The van der Waals surface area contributed by atoms with E-state index < -0.39 is 5.97 Å². The van der Waals surface area contributed by atoms with Gasteiger partial charge in [-0.3, -0.25) is 10.1 Å². The van der Waals surface area contributed by atoms with E-state index in [4.69, 9.17) is 17.3 Å². The summed E-state index contributed by atoms with van der Waals surface area (Å²) in [7, 11) is 1.78. The summed E-state index contributed by atoms with van der Waals surface area (Å²) in [4.78, 5) is 10.9. The summed E-state index contributed by atoms with van der Waals surface area (Å²) >= 11 is 5.25. The third-order valence-electron chi connectivity index (χ3n) is 5.38. The van der Waals surface area contributed by atoms with Crippen LogP contribution in [-0.4, -0.2) is 36.8 Å². The van der Waals surface area contributed by atoms with Crippen LogP contribution in [0.25, 0.3) is 11.3 Å². The first-order chi connectivity index (χ1) is 16.3. The standard InChI is InChI=1S/C25H29N5O3S/c1-4-5-6-7-17-8-10-18(11-9-17)22-23(31)21(29-30(22)3)16(2)27-28-25(34)26-20-14-12-19(13-15-20)24(32)33/h8-15,31H,4-7H2,1-3H3,(H,32,33)(H2,26,28,34)/b27-16-. The van der Waals surface area contributed by atoms with Crippen LogP contribution in [0.15, 0.2) is 53.6 Å². The van der Waals surface area contributed by atoms with Crippen LogP contribution in [0.1, 0.15) is 54.7 Å². The van der Waals surface area contributed by atoms with Crippen molar-refractivity contribution in [2.75, 3.05) is 5.32 Å². The molecular formula is C25H29N5O3S. The van der Waals surface area contributed by atoms with Crippen molar-refractivity contribution in [3.8, 4) is 17.0 Å². The highest BCUT2D eigenvalue weighted by atomic mass is 32.1. The van der Waals surface area contributed by atoms with Crippen molar-refractivity contribution in [2.45, 2.75) is 39.5 Å². The SMILES string of the molecule is CCCCCc1ccc(-c2c(O)c(/C(C)=N\NC(=S)Nc3ccc(C(=O)O)cc3)nn2C)cc1. The second-order valence-corrected chi connectivity index (χ2v) is 8.38. The number of anilines is 1. The molecule has 0 saturated heterocycles. The number of aryl methyl sites for hydroxylation is 2. The van der Waals surface area contributed by atoms with Crippen molar-refractivity contribution in [1.29, 1.82) is 0 Å². The number of rotatable bonds is 9. The third kappa shape index (κ3) is 6.20. The van der Waals surface area contributed by atoms with Crippen LogP contribution >= 0.6 is 12.2 Å². The molecule has 0 saturated carbocycles. The molecule has 178 valence electrons. The van der Waals surface area contributed by atoms with Gasteiger partial charge in [-0.15, -0.1) is 0 Å². The van der Waals surface area contributed by atoms with E-state index in [1.54, 1.807) is 30.8 Å². The van der Waals surface area contributed by atoms with E-state index in [-0.39, 0.29) is 16.4 Å². The smallest absolute Gasteiger partial charge is 0.335 e. The lowest BCUT2D eigenvalue weighted by Crippen LogP contribution is -2.25. The fraction of sp³-hybridized carbons (Fsp3) is 0.280. The lowest BCUT2D eigenvalue weighted by atomic mass is 10.0. The monoisotopic (exact) mass is 479 g/mol. The molecule has 1 heterocycles. The van der Waals surface area contributed by atoms with Gasteiger partial charge in [0.15, 0.2) is 16.6 Å². The topological polar surface area (TPSA) is 112 Å². The molecule has 0 fully saturated rings. The molecule has 3 aromatic rings. The normalized spacial score (nSPS) is 11.3. The maximum Gasteiger partial charge on any atom is 0.335 e. The van der Waals surface area contributed by atoms with E-state index in [9.17, 15) is 9.90 Å². The molecule has 4 N–H and O–H groups in total. The van der Waals surface area contributed by atoms with Gasteiger partial charge in [-0.05, 0) is 61.8 Å². The highest BCUT2D eigenvalue weighted by Crippen LogP contribution is 2.32. The second-order valence-electron chi connectivity index (χ2n) is 7.97. The first kappa shape index (κ1) is 24.9. The number of hydrogen-bond acceptors (Lipinski definition) is 5. The summed E-state index contributed by atoms with van der Waals surface area (Å²) in [5, 5.41) is 31.6. The van der Waals surface area contributed by atoms with Gasteiger partial charge in [0.05, 0.1) is 11.3 Å². The largest absolute Gasteiger partial charge is 0.504 e. The molecule has 9 heteroatoms. The molecule has 1 aromatic heterocycles. The zero-order valence-electron chi connectivity index (χ0n) is 19.5. The number of nitrogens with zero attached hydrogens (tertiary/aromatic N) is 3. The van der Waals surface area contributed by atoms with E-state index in [1.807, 2.05) is 12.1 Å². The molecule has 2 aromatic carbocycles. The number of aromatic hydroxyl groups is 1. The van der Waals surface area contributed by atoms with Crippen LogP contribution in [0.3, 0.4) is 0 Å². The zero-order chi connectivity index (χ0) is 24.7. The van der Waals surface area contributed by atoms with E-state index in [2.05, 4.69) is 40.0 Å². The molecular weight excluding hydrogens is 450 g/mol. The van der Waals surface area contributed by atoms with E-state index >= 15 is 0 Å². The molecule has 34 heavy (non-hydrogen) atoms. The van der Waals surface area contributed by atoms with Crippen molar-refractivity contribution in [3.05, 3.63) is 65.4 Å². The number of aromatic carboxylic acids is 1. The van der Waals surface area contributed by atoms with Crippen LogP contribution in [0.5, 0.6) is 5.75 Å². The van der Waals surface area contributed by atoms with Gasteiger partial charge in [0.25, 0.3) is 0 Å². The number of benzene rings is 2. The zero-order valence-corrected chi connectivity index (χ0v) is 20.3. The van der Waals surface area contributed by atoms with Gasteiger partial charge in [-0.2, -0.15) is 10.2 Å². The Morgan fingerprint density at radius 2 is 1.79 bits per heavy atom. The molecule has 8 nitrogen and oxygen atoms in total. The lowest BCUT2D eigenvalue weighted by molar-refractivity contribution is 0.0697. The van der Waals surface area contributed by atoms with Crippen LogP contribution in [0.2, 0.25) is 0 Å². The second kappa shape index (κ2) is 11.4. The minimum Gasteiger partial charge on any atom is -0.504 e. The van der Waals surface area contributed by atoms with E-state index in [0.29, 0.717) is 22.8 Å². The molecule has 0 aliphatic heterocycles. The molecule has 3 rings (SSSR count). The average molecular weight is 480 g/mol. The molecule has 0 aliphatic carbocycles. The Morgan fingerprint density at radius 3 is 2.41 bits per heavy atom. The maximum absolute atomic E-state index is 10.9. The van der Waals surface area contributed by atoms with Gasteiger partial charge in [-0.1, -0.05) is 44.0 Å². The third-order valence-corrected chi connectivity index (χ3v) is 5.57. The molecule has 0 spiro atoms. The number of carbonyl (C=O) groups is 1. The first-order valence-corrected chi connectivity index (χ1v) is 11.5. The Bertz CT molecular complexity index is 1180. The van der Waals surface area contributed by atoms with Gasteiger partial charge < -0.3 is 15.5 Å². The van der Waals surface area contributed by atoms with Crippen molar-refractivity contribution < 1.29 is 15.0 Å². The number of carboxylic acids is 1. The summed E-state index contributed by atoms with van der Waals surface area (Å²) in [6.45, 7) is 3.91. The summed E-state index contributed by atoms with van der Waals surface area (Å²) in [6.07, 6.45) is 4.63. The minimum absolute atomic E-state index is 0.0485. The number of thiocarbonyl (C=S) groups is 1. The van der Waals surface area contributed by atoms with Crippen LogP contribution in [0, 0.1) is 0 Å². The number of aromatic nitrogens is 2. The fourth-order valence-corrected chi connectivity index (χ4v) is 3.69. The average Bonchev–Trinajstić information content (AvgIpc) is 3.12.